The SMILES string of the molecule is N[C@@]1(c2ccc[nH]2)C=CCCC1. The molecule has 64 valence electrons. The quantitative estimate of drug-likeness (QED) is 0.608. The van der Waals surface area contributed by atoms with Gasteiger partial charge in [-0.15, -0.1) is 0 Å². The molecule has 3 N–H and O–H groups in total. The Morgan fingerprint density at radius 2 is 2.42 bits per heavy atom. The van der Waals surface area contributed by atoms with Gasteiger partial charge >= 0.3 is 0 Å². The molecule has 2 nitrogen and oxygen atoms in total. The number of hydrogen-bond donors (Lipinski definition) is 2. The molecule has 2 rings (SSSR count). The molecular weight excluding hydrogens is 148 g/mol. The summed E-state index contributed by atoms with van der Waals surface area (Å²) in [4.78, 5) is 3.17. The lowest BCUT2D eigenvalue weighted by Crippen LogP contribution is -2.36. The first-order chi connectivity index (χ1) is 5.81. The zero-order chi connectivity index (χ0) is 8.44. The van der Waals surface area contributed by atoms with Crippen molar-refractivity contribution < 1.29 is 0 Å². The smallest absolute Gasteiger partial charge is 0.0746 e. The summed E-state index contributed by atoms with van der Waals surface area (Å²) in [5.74, 6) is 0. The van der Waals surface area contributed by atoms with Crippen molar-refractivity contribution in [2.45, 2.75) is 24.8 Å². The largest absolute Gasteiger partial charge is 0.363 e. The first-order valence-corrected chi connectivity index (χ1v) is 4.42. The van der Waals surface area contributed by atoms with Crippen LogP contribution < -0.4 is 5.73 Å². The van der Waals surface area contributed by atoms with E-state index in [1.165, 1.54) is 12.8 Å². The molecule has 1 heterocycles. The summed E-state index contributed by atoms with van der Waals surface area (Å²) in [5.41, 5.74) is 7.10. The fourth-order valence-electron chi connectivity index (χ4n) is 1.73. The van der Waals surface area contributed by atoms with Crippen LogP contribution in [0.25, 0.3) is 0 Å². The van der Waals surface area contributed by atoms with E-state index in [0.29, 0.717) is 0 Å². The molecule has 0 radical (unpaired) electrons. The van der Waals surface area contributed by atoms with Gasteiger partial charge in [-0.25, -0.2) is 0 Å². The second kappa shape index (κ2) is 2.79. The van der Waals surface area contributed by atoms with Gasteiger partial charge in [-0.3, -0.25) is 0 Å². The maximum atomic E-state index is 6.21. The van der Waals surface area contributed by atoms with E-state index in [4.69, 9.17) is 5.73 Å². The summed E-state index contributed by atoms with van der Waals surface area (Å²) >= 11 is 0. The van der Waals surface area contributed by atoms with Crippen LogP contribution in [-0.2, 0) is 5.54 Å². The molecule has 0 aromatic carbocycles. The van der Waals surface area contributed by atoms with Gasteiger partial charge in [-0.2, -0.15) is 0 Å². The average Bonchev–Trinajstić information content (AvgIpc) is 2.58. The summed E-state index contributed by atoms with van der Waals surface area (Å²) in [6.07, 6.45) is 9.61. The average molecular weight is 162 g/mol. The molecule has 0 aliphatic heterocycles. The van der Waals surface area contributed by atoms with Crippen LogP contribution in [0.3, 0.4) is 0 Å². The topological polar surface area (TPSA) is 41.8 Å². The molecule has 1 aliphatic rings. The van der Waals surface area contributed by atoms with Crippen molar-refractivity contribution in [3.8, 4) is 0 Å². The third-order valence-electron chi connectivity index (χ3n) is 2.48. The highest BCUT2D eigenvalue weighted by Gasteiger charge is 2.25. The van der Waals surface area contributed by atoms with Gasteiger partial charge in [0.2, 0.25) is 0 Å². The predicted molar refractivity (Wildman–Crippen MR) is 49.6 cm³/mol. The number of aromatic amines is 1. The van der Waals surface area contributed by atoms with Crippen LogP contribution in [0, 0.1) is 0 Å². The van der Waals surface area contributed by atoms with Gasteiger partial charge in [-0.05, 0) is 31.4 Å². The van der Waals surface area contributed by atoms with Crippen molar-refractivity contribution in [2.75, 3.05) is 0 Å². The second-order valence-corrected chi connectivity index (χ2v) is 3.42. The van der Waals surface area contributed by atoms with Crippen molar-refractivity contribution in [1.82, 2.24) is 4.98 Å². The summed E-state index contributed by atoms with van der Waals surface area (Å²) in [6.45, 7) is 0. The van der Waals surface area contributed by atoms with Gasteiger partial charge in [0.25, 0.3) is 0 Å². The van der Waals surface area contributed by atoms with Crippen molar-refractivity contribution in [3.05, 3.63) is 36.2 Å². The van der Waals surface area contributed by atoms with E-state index in [0.717, 1.165) is 12.1 Å². The Labute approximate surface area is 72.5 Å². The van der Waals surface area contributed by atoms with Crippen molar-refractivity contribution in [2.24, 2.45) is 5.73 Å². The lowest BCUT2D eigenvalue weighted by molar-refractivity contribution is 0.462. The Bertz CT molecular complexity index is 274. The molecule has 0 bridgehead atoms. The van der Waals surface area contributed by atoms with Crippen molar-refractivity contribution >= 4 is 0 Å². The van der Waals surface area contributed by atoms with Gasteiger partial charge in [-0.1, -0.05) is 12.2 Å². The van der Waals surface area contributed by atoms with Crippen LogP contribution in [0.1, 0.15) is 25.0 Å². The second-order valence-electron chi connectivity index (χ2n) is 3.42. The number of nitrogens with one attached hydrogen (secondary N) is 1. The molecule has 0 unspecified atom stereocenters. The number of hydrogen-bond acceptors (Lipinski definition) is 1. The lowest BCUT2D eigenvalue weighted by atomic mass is 9.86. The number of aromatic nitrogens is 1. The van der Waals surface area contributed by atoms with E-state index in [1.807, 2.05) is 12.3 Å². The first-order valence-electron chi connectivity index (χ1n) is 4.42. The zero-order valence-electron chi connectivity index (χ0n) is 7.09. The standard InChI is InChI=1S/C10H14N2/c11-10(6-2-1-3-7-10)9-5-4-8-12-9/h2,4-6,8,12H,1,3,7,11H2/t10-/m0/s1. The minimum absolute atomic E-state index is 0.234. The maximum Gasteiger partial charge on any atom is 0.0746 e. The summed E-state index contributed by atoms with van der Waals surface area (Å²) in [7, 11) is 0. The monoisotopic (exact) mass is 162 g/mol. The van der Waals surface area contributed by atoms with Gasteiger partial charge in [0.1, 0.15) is 0 Å². The third kappa shape index (κ3) is 1.18. The van der Waals surface area contributed by atoms with E-state index in [2.05, 4.69) is 23.2 Å². The molecular formula is C10H14N2. The number of rotatable bonds is 1. The zero-order valence-corrected chi connectivity index (χ0v) is 7.09. The summed E-state index contributed by atoms with van der Waals surface area (Å²) < 4.78 is 0. The Balaban J connectivity index is 2.31. The Morgan fingerprint density at radius 1 is 1.50 bits per heavy atom. The minimum Gasteiger partial charge on any atom is -0.363 e. The van der Waals surface area contributed by atoms with E-state index < -0.39 is 0 Å². The van der Waals surface area contributed by atoms with Gasteiger partial charge < -0.3 is 10.7 Å². The summed E-state index contributed by atoms with van der Waals surface area (Å²) in [5, 5.41) is 0. The Kier molecular flexibility index (Phi) is 1.77. The molecule has 1 aromatic rings. The van der Waals surface area contributed by atoms with E-state index in [-0.39, 0.29) is 5.54 Å². The molecule has 0 saturated heterocycles. The Morgan fingerprint density at radius 3 is 3.00 bits per heavy atom. The highest BCUT2D eigenvalue weighted by Crippen LogP contribution is 2.28. The molecule has 1 atom stereocenters. The molecule has 0 spiro atoms. The Hall–Kier alpha value is -1.02. The molecule has 0 saturated carbocycles. The first kappa shape index (κ1) is 7.62. The number of nitrogens with two attached hydrogens (primary N) is 1. The van der Waals surface area contributed by atoms with Crippen LogP contribution in [0.2, 0.25) is 0 Å². The van der Waals surface area contributed by atoms with Crippen LogP contribution in [-0.4, -0.2) is 4.98 Å². The van der Waals surface area contributed by atoms with Gasteiger partial charge in [0, 0.05) is 11.9 Å². The third-order valence-corrected chi connectivity index (χ3v) is 2.48. The molecule has 1 aromatic heterocycles. The fraction of sp³-hybridized carbons (Fsp3) is 0.400. The van der Waals surface area contributed by atoms with Crippen LogP contribution in [0.4, 0.5) is 0 Å². The van der Waals surface area contributed by atoms with Crippen LogP contribution >= 0.6 is 0 Å². The molecule has 0 fully saturated rings. The van der Waals surface area contributed by atoms with Gasteiger partial charge in [0.15, 0.2) is 0 Å². The molecule has 1 aliphatic carbocycles. The van der Waals surface area contributed by atoms with Crippen molar-refractivity contribution in [1.29, 1.82) is 0 Å². The van der Waals surface area contributed by atoms with Crippen molar-refractivity contribution in [3.63, 3.8) is 0 Å². The van der Waals surface area contributed by atoms with Crippen LogP contribution in [0.15, 0.2) is 30.5 Å². The lowest BCUT2D eigenvalue weighted by Gasteiger charge is -2.27. The maximum absolute atomic E-state index is 6.21. The number of allylic oxidation sites excluding steroid dienone is 1. The normalized spacial score (nSPS) is 29.1. The van der Waals surface area contributed by atoms with E-state index in [1.54, 1.807) is 0 Å². The highest BCUT2D eigenvalue weighted by atomic mass is 14.8. The molecule has 0 amide bonds. The minimum atomic E-state index is -0.234. The van der Waals surface area contributed by atoms with E-state index in [9.17, 15) is 0 Å². The van der Waals surface area contributed by atoms with Gasteiger partial charge in [0.05, 0.1) is 5.54 Å². The molecule has 2 heteroatoms. The summed E-state index contributed by atoms with van der Waals surface area (Å²) in [6, 6.07) is 4.04. The van der Waals surface area contributed by atoms with Crippen LogP contribution in [0.5, 0.6) is 0 Å². The highest BCUT2D eigenvalue weighted by molar-refractivity contribution is 5.24. The number of H-pyrrole nitrogens is 1. The molecule has 12 heavy (non-hydrogen) atoms. The fourth-order valence-corrected chi connectivity index (χ4v) is 1.73. The van der Waals surface area contributed by atoms with E-state index >= 15 is 0 Å². The predicted octanol–water partition coefficient (Wildman–Crippen LogP) is 1.91.